The molecule has 2 atom stereocenters. The maximum absolute atomic E-state index is 12.0. The SMILES string of the molecule is CCC(C)C(NC(=O)Cc1coc(-c2cccs2)n1)C(=O)O. The number of nitrogens with one attached hydrogen (secondary N) is 1. The first kappa shape index (κ1) is 16.2. The van der Waals surface area contributed by atoms with E-state index >= 15 is 0 Å². The maximum atomic E-state index is 12.0. The first-order valence-corrected chi connectivity index (χ1v) is 7.89. The number of thiophene rings is 1. The van der Waals surface area contributed by atoms with Crippen molar-refractivity contribution < 1.29 is 19.1 Å². The monoisotopic (exact) mass is 322 g/mol. The smallest absolute Gasteiger partial charge is 0.326 e. The molecule has 2 aromatic rings. The van der Waals surface area contributed by atoms with Gasteiger partial charge < -0.3 is 14.8 Å². The van der Waals surface area contributed by atoms with Gasteiger partial charge in [-0.25, -0.2) is 9.78 Å². The fraction of sp³-hybridized carbons (Fsp3) is 0.400. The fourth-order valence-corrected chi connectivity index (χ4v) is 2.63. The largest absolute Gasteiger partial charge is 0.480 e. The highest BCUT2D eigenvalue weighted by Gasteiger charge is 2.25. The molecule has 1 amide bonds. The van der Waals surface area contributed by atoms with E-state index in [1.54, 1.807) is 6.92 Å². The number of nitrogens with zero attached hydrogens (tertiary/aromatic N) is 1. The third-order valence-corrected chi connectivity index (χ3v) is 4.28. The van der Waals surface area contributed by atoms with Crippen LogP contribution >= 0.6 is 11.3 Å². The van der Waals surface area contributed by atoms with E-state index in [-0.39, 0.29) is 18.2 Å². The summed E-state index contributed by atoms with van der Waals surface area (Å²) < 4.78 is 5.33. The van der Waals surface area contributed by atoms with Gasteiger partial charge in [0.25, 0.3) is 0 Å². The number of aliphatic carboxylic acids is 1. The molecule has 2 aromatic heterocycles. The third kappa shape index (κ3) is 3.94. The Kier molecular flexibility index (Phi) is 5.32. The number of amides is 1. The number of carboxylic acids is 1. The second-order valence-corrected chi connectivity index (χ2v) is 6.01. The van der Waals surface area contributed by atoms with Crippen molar-refractivity contribution in [3.05, 3.63) is 29.5 Å². The highest BCUT2D eigenvalue weighted by atomic mass is 32.1. The molecule has 0 saturated heterocycles. The van der Waals surface area contributed by atoms with Crippen LogP contribution in [0.4, 0.5) is 0 Å². The fourth-order valence-electron chi connectivity index (χ4n) is 1.97. The van der Waals surface area contributed by atoms with Gasteiger partial charge in [0, 0.05) is 0 Å². The Morgan fingerprint density at radius 2 is 2.27 bits per heavy atom. The molecule has 22 heavy (non-hydrogen) atoms. The molecule has 2 heterocycles. The lowest BCUT2D eigenvalue weighted by molar-refractivity contribution is -0.143. The number of aromatic nitrogens is 1. The van der Waals surface area contributed by atoms with E-state index in [9.17, 15) is 14.7 Å². The first-order valence-electron chi connectivity index (χ1n) is 7.01. The van der Waals surface area contributed by atoms with E-state index in [0.29, 0.717) is 18.0 Å². The number of hydrogen-bond donors (Lipinski definition) is 2. The van der Waals surface area contributed by atoms with Crippen molar-refractivity contribution in [1.82, 2.24) is 10.3 Å². The second kappa shape index (κ2) is 7.22. The highest BCUT2D eigenvalue weighted by molar-refractivity contribution is 7.13. The number of carbonyl (C=O) groups is 2. The van der Waals surface area contributed by atoms with Crippen molar-refractivity contribution >= 4 is 23.2 Å². The van der Waals surface area contributed by atoms with Crippen LogP contribution in [-0.4, -0.2) is 28.0 Å². The van der Waals surface area contributed by atoms with E-state index in [4.69, 9.17) is 4.42 Å². The zero-order valence-electron chi connectivity index (χ0n) is 12.4. The molecular weight excluding hydrogens is 304 g/mol. The predicted molar refractivity (Wildman–Crippen MR) is 82.5 cm³/mol. The maximum Gasteiger partial charge on any atom is 0.326 e. The van der Waals surface area contributed by atoms with Gasteiger partial charge in [0.1, 0.15) is 12.3 Å². The van der Waals surface area contributed by atoms with Crippen molar-refractivity contribution in [2.45, 2.75) is 32.7 Å². The Morgan fingerprint density at radius 1 is 1.50 bits per heavy atom. The van der Waals surface area contributed by atoms with Gasteiger partial charge in [0.2, 0.25) is 11.8 Å². The van der Waals surface area contributed by atoms with Gasteiger partial charge in [0.15, 0.2) is 0 Å². The molecule has 0 aliphatic heterocycles. The van der Waals surface area contributed by atoms with Crippen molar-refractivity contribution in [2.75, 3.05) is 0 Å². The van der Waals surface area contributed by atoms with Crippen LogP contribution in [0, 0.1) is 5.92 Å². The molecule has 118 valence electrons. The van der Waals surface area contributed by atoms with Crippen LogP contribution in [0.1, 0.15) is 26.0 Å². The van der Waals surface area contributed by atoms with E-state index in [0.717, 1.165) is 4.88 Å². The van der Waals surface area contributed by atoms with Crippen LogP contribution in [0.25, 0.3) is 10.8 Å². The summed E-state index contributed by atoms with van der Waals surface area (Å²) in [6, 6.07) is 2.88. The van der Waals surface area contributed by atoms with Gasteiger partial charge in [-0.2, -0.15) is 0 Å². The van der Waals surface area contributed by atoms with Crippen LogP contribution < -0.4 is 5.32 Å². The summed E-state index contributed by atoms with van der Waals surface area (Å²) in [6.45, 7) is 3.68. The first-order chi connectivity index (χ1) is 10.5. The number of carbonyl (C=O) groups excluding carboxylic acids is 1. The zero-order chi connectivity index (χ0) is 16.1. The third-order valence-electron chi connectivity index (χ3n) is 3.42. The molecule has 6 nitrogen and oxygen atoms in total. The topological polar surface area (TPSA) is 92.4 Å². The zero-order valence-corrected chi connectivity index (χ0v) is 13.2. The van der Waals surface area contributed by atoms with Crippen molar-refractivity contribution in [3.8, 4) is 10.8 Å². The van der Waals surface area contributed by atoms with Gasteiger partial charge in [-0.15, -0.1) is 11.3 Å². The molecular formula is C15H18N2O4S. The van der Waals surface area contributed by atoms with Gasteiger partial charge in [-0.05, 0) is 17.4 Å². The minimum atomic E-state index is -1.03. The molecule has 0 spiro atoms. The average Bonchev–Trinajstić information content (AvgIpc) is 3.14. The summed E-state index contributed by atoms with van der Waals surface area (Å²) >= 11 is 1.50. The molecule has 7 heteroatoms. The van der Waals surface area contributed by atoms with Gasteiger partial charge >= 0.3 is 5.97 Å². The molecule has 0 aromatic carbocycles. The minimum Gasteiger partial charge on any atom is -0.480 e. The number of hydrogen-bond acceptors (Lipinski definition) is 5. The van der Waals surface area contributed by atoms with Gasteiger partial charge in [0.05, 0.1) is 17.0 Å². The van der Waals surface area contributed by atoms with Crippen LogP contribution in [0.2, 0.25) is 0 Å². The second-order valence-electron chi connectivity index (χ2n) is 5.07. The molecule has 0 fully saturated rings. The molecule has 2 N–H and O–H groups in total. The van der Waals surface area contributed by atoms with E-state index in [1.165, 1.54) is 17.6 Å². The molecule has 0 radical (unpaired) electrons. The molecule has 0 saturated carbocycles. The molecule has 2 rings (SSSR count). The minimum absolute atomic E-state index is 0.00487. The van der Waals surface area contributed by atoms with E-state index < -0.39 is 12.0 Å². The van der Waals surface area contributed by atoms with E-state index in [1.807, 2.05) is 24.4 Å². The Bertz CT molecular complexity index is 636. The van der Waals surface area contributed by atoms with Crippen molar-refractivity contribution in [2.24, 2.45) is 5.92 Å². The molecule has 0 aliphatic rings. The summed E-state index contributed by atoms with van der Waals surface area (Å²) in [5.74, 6) is -1.07. The van der Waals surface area contributed by atoms with E-state index in [2.05, 4.69) is 10.3 Å². The van der Waals surface area contributed by atoms with Gasteiger partial charge in [-0.1, -0.05) is 26.3 Å². The predicted octanol–water partition coefficient (Wildman–Crippen LogP) is 2.56. The standard InChI is InChI=1S/C15H18N2O4S/c1-3-9(2)13(15(19)20)17-12(18)7-10-8-21-14(16-10)11-5-4-6-22-11/h4-6,8-9,13H,3,7H2,1-2H3,(H,17,18)(H,19,20). The summed E-state index contributed by atoms with van der Waals surface area (Å²) in [4.78, 5) is 28.3. The quantitative estimate of drug-likeness (QED) is 0.817. The number of carboxylic acid groups (broad SMARTS) is 1. The summed E-state index contributed by atoms with van der Waals surface area (Å²) in [5, 5.41) is 13.6. The van der Waals surface area contributed by atoms with Crippen LogP contribution in [0.3, 0.4) is 0 Å². The molecule has 2 unspecified atom stereocenters. The van der Waals surface area contributed by atoms with Crippen LogP contribution in [0.5, 0.6) is 0 Å². The normalized spacial score (nSPS) is 13.5. The summed E-state index contributed by atoms with van der Waals surface area (Å²) in [6.07, 6.45) is 2.09. The Balaban J connectivity index is 1.98. The average molecular weight is 322 g/mol. The lowest BCUT2D eigenvalue weighted by Gasteiger charge is -2.19. The number of oxazole rings is 1. The molecule has 0 aliphatic carbocycles. The van der Waals surface area contributed by atoms with Gasteiger partial charge in [-0.3, -0.25) is 4.79 Å². The Hall–Kier alpha value is -2.15. The highest BCUT2D eigenvalue weighted by Crippen LogP contribution is 2.23. The lowest BCUT2D eigenvalue weighted by atomic mass is 9.99. The summed E-state index contributed by atoms with van der Waals surface area (Å²) in [7, 11) is 0. The lowest BCUT2D eigenvalue weighted by Crippen LogP contribution is -2.45. The van der Waals surface area contributed by atoms with Crippen LogP contribution in [0.15, 0.2) is 28.2 Å². The summed E-state index contributed by atoms with van der Waals surface area (Å²) in [5.41, 5.74) is 0.481. The Morgan fingerprint density at radius 3 is 2.86 bits per heavy atom. The molecule has 0 bridgehead atoms. The van der Waals surface area contributed by atoms with Crippen molar-refractivity contribution in [1.29, 1.82) is 0 Å². The van der Waals surface area contributed by atoms with Crippen LogP contribution in [-0.2, 0) is 16.0 Å². The van der Waals surface area contributed by atoms with Crippen molar-refractivity contribution in [3.63, 3.8) is 0 Å². The number of rotatable bonds is 7. The Labute approximate surface area is 132 Å².